The molecule has 0 aliphatic heterocycles. The van der Waals surface area contributed by atoms with Gasteiger partial charge in [-0.25, -0.2) is 18.7 Å². The van der Waals surface area contributed by atoms with Gasteiger partial charge in [-0.1, -0.05) is 6.92 Å². The summed E-state index contributed by atoms with van der Waals surface area (Å²) in [6.07, 6.45) is -1.16. The van der Waals surface area contributed by atoms with Gasteiger partial charge in [0.2, 0.25) is 5.82 Å². The molecule has 0 fully saturated rings. The molecule has 8 nitrogen and oxygen atoms in total. The van der Waals surface area contributed by atoms with E-state index in [2.05, 4.69) is 25.0 Å². The Morgan fingerprint density at radius 3 is 2.44 bits per heavy atom. The number of H-pyrrole nitrogens is 1. The van der Waals surface area contributed by atoms with Gasteiger partial charge in [0, 0.05) is 41.2 Å². The molecule has 1 aromatic carbocycles. The summed E-state index contributed by atoms with van der Waals surface area (Å²) < 4.78 is 65.7. The van der Waals surface area contributed by atoms with Gasteiger partial charge in [0.1, 0.15) is 23.2 Å². The van der Waals surface area contributed by atoms with Crippen molar-refractivity contribution in [3.8, 4) is 11.1 Å². The van der Waals surface area contributed by atoms with Crippen LogP contribution in [0.1, 0.15) is 36.5 Å². The summed E-state index contributed by atoms with van der Waals surface area (Å²) in [4.78, 5) is 13.6. The van der Waals surface area contributed by atoms with Gasteiger partial charge < -0.3 is 16.6 Å². The number of hydrogen-bond donors (Lipinski definition) is 4. The molecule has 0 spiro atoms. The second-order valence-corrected chi connectivity index (χ2v) is 7.09. The number of amidine groups is 1. The van der Waals surface area contributed by atoms with Gasteiger partial charge >= 0.3 is 6.18 Å². The predicted octanol–water partition coefficient (Wildman–Crippen LogP) is 4.26. The number of alkyl halides is 3. The molecule has 6 N–H and O–H groups in total. The van der Waals surface area contributed by atoms with Crippen molar-refractivity contribution in [1.29, 1.82) is 5.41 Å². The van der Waals surface area contributed by atoms with Crippen LogP contribution in [0, 0.1) is 17.0 Å². The second-order valence-electron chi connectivity index (χ2n) is 7.09. The SMILES string of the molecule is CCC(C(C=Nc1cc(F)ccc1F)=NN)c1cc(-c2cnc(C(F)(F)F)nc2)c(C(=N)N)[nH]1. The lowest BCUT2D eigenvalue weighted by molar-refractivity contribution is -0.144. The molecule has 2 heterocycles. The third-order valence-corrected chi connectivity index (χ3v) is 4.86. The van der Waals surface area contributed by atoms with Gasteiger partial charge in [-0.3, -0.25) is 10.4 Å². The van der Waals surface area contributed by atoms with Crippen molar-refractivity contribution in [3.63, 3.8) is 0 Å². The molecule has 3 rings (SSSR count). The van der Waals surface area contributed by atoms with Crippen LogP contribution in [0.3, 0.4) is 0 Å². The van der Waals surface area contributed by atoms with Crippen LogP contribution in [0.25, 0.3) is 11.1 Å². The first-order valence-corrected chi connectivity index (χ1v) is 9.78. The molecular weight excluding hydrogens is 459 g/mol. The number of aromatic amines is 1. The Bertz CT molecular complexity index is 1250. The van der Waals surface area contributed by atoms with Crippen molar-refractivity contribution in [2.45, 2.75) is 25.4 Å². The van der Waals surface area contributed by atoms with Gasteiger partial charge in [-0.05, 0) is 24.6 Å². The van der Waals surface area contributed by atoms with E-state index in [9.17, 15) is 22.0 Å². The number of benzene rings is 1. The molecule has 13 heteroatoms. The molecule has 1 atom stereocenters. The van der Waals surface area contributed by atoms with E-state index in [1.54, 1.807) is 13.0 Å². The number of nitrogens with one attached hydrogen (secondary N) is 2. The first-order chi connectivity index (χ1) is 16.0. The summed E-state index contributed by atoms with van der Waals surface area (Å²) in [5, 5.41) is 11.5. The van der Waals surface area contributed by atoms with Crippen LogP contribution in [0.5, 0.6) is 0 Å². The highest BCUT2D eigenvalue weighted by atomic mass is 19.4. The Morgan fingerprint density at radius 1 is 1.21 bits per heavy atom. The number of aliphatic imine (C=N–C) groups is 1. The lowest BCUT2D eigenvalue weighted by Gasteiger charge is -2.12. The number of nitrogens with zero attached hydrogens (tertiary/aromatic N) is 4. The van der Waals surface area contributed by atoms with E-state index in [0.717, 1.165) is 30.6 Å². The Morgan fingerprint density at radius 2 is 1.88 bits per heavy atom. The Balaban J connectivity index is 1.99. The van der Waals surface area contributed by atoms with E-state index in [0.29, 0.717) is 17.7 Å². The maximum Gasteiger partial charge on any atom is 0.451 e. The number of halogens is 5. The molecule has 0 saturated carbocycles. The van der Waals surface area contributed by atoms with Crippen molar-refractivity contribution in [2.24, 2.45) is 21.7 Å². The maximum atomic E-state index is 13.9. The van der Waals surface area contributed by atoms with E-state index in [4.69, 9.17) is 17.0 Å². The molecule has 34 heavy (non-hydrogen) atoms. The third-order valence-electron chi connectivity index (χ3n) is 4.86. The average molecular weight is 478 g/mol. The lowest BCUT2D eigenvalue weighted by atomic mass is 9.96. The molecule has 178 valence electrons. The van der Waals surface area contributed by atoms with Crippen molar-refractivity contribution in [3.05, 3.63) is 65.5 Å². The summed E-state index contributed by atoms with van der Waals surface area (Å²) >= 11 is 0. The highest BCUT2D eigenvalue weighted by Crippen LogP contribution is 2.31. The van der Waals surface area contributed by atoms with Gasteiger partial charge in [-0.15, -0.1) is 0 Å². The third kappa shape index (κ3) is 5.24. The number of hydrazone groups is 1. The van der Waals surface area contributed by atoms with Gasteiger partial charge in [0.15, 0.2) is 0 Å². The quantitative estimate of drug-likeness (QED) is 0.132. The highest BCUT2D eigenvalue weighted by molar-refractivity contribution is 6.33. The first kappa shape index (κ1) is 24.5. The topological polar surface area (TPSA) is 142 Å². The van der Waals surface area contributed by atoms with Crippen LogP contribution < -0.4 is 11.6 Å². The molecule has 0 radical (unpaired) electrons. The normalized spacial score (nSPS) is 13.4. The molecule has 0 bridgehead atoms. The number of nitrogen functional groups attached to an aromatic ring is 1. The Labute approximate surface area is 190 Å². The molecule has 0 amide bonds. The molecule has 0 saturated heterocycles. The number of hydrogen-bond acceptors (Lipinski definition) is 6. The number of rotatable bonds is 7. The summed E-state index contributed by atoms with van der Waals surface area (Å²) in [5.41, 5.74) is 6.66. The fraction of sp³-hybridized carbons (Fsp3) is 0.190. The van der Waals surface area contributed by atoms with Gasteiger partial charge in [0.25, 0.3) is 0 Å². The van der Waals surface area contributed by atoms with E-state index >= 15 is 0 Å². The van der Waals surface area contributed by atoms with Gasteiger partial charge in [-0.2, -0.15) is 18.3 Å². The summed E-state index contributed by atoms with van der Waals surface area (Å²) in [5.74, 6) is 1.86. The van der Waals surface area contributed by atoms with Crippen molar-refractivity contribution >= 4 is 23.4 Å². The van der Waals surface area contributed by atoms with Crippen LogP contribution in [0.2, 0.25) is 0 Å². The fourth-order valence-corrected chi connectivity index (χ4v) is 3.24. The lowest BCUT2D eigenvalue weighted by Crippen LogP contribution is -2.17. The summed E-state index contributed by atoms with van der Waals surface area (Å²) in [7, 11) is 0. The number of aromatic nitrogens is 3. The zero-order valence-electron chi connectivity index (χ0n) is 17.7. The largest absolute Gasteiger partial charge is 0.451 e. The average Bonchev–Trinajstić information content (AvgIpc) is 3.23. The van der Waals surface area contributed by atoms with Crippen LogP contribution in [-0.4, -0.2) is 32.7 Å². The van der Waals surface area contributed by atoms with E-state index in [1.165, 1.54) is 6.21 Å². The first-order valence-electron chi connectivity index (χ1n) is 9.78. The number of nitrogens with two attached hydrogens (primary N) is 2. The monoisotopic (exact) mass is 478 g/mol. The minimum atomic E-state index is -4.70. The molecular formula is C21H19F5N8. The molecule has 0 aliphatic rings. The second kappa shape index (κ2) is 9.77. The summed E-state index contributed by atoms with van der Waals surface area (Å²) in [6, 6.07) is 4.35. The zero-order chi connectivity index (χ0) is 25.0. The van der Waals surface area contributed by atoms with Crippen molar-refractivity contribution in [1.82, 2.24) is 15.0 Å². The van der Waals surface area contributed by atoms with Crippen LogP contribution in [0.4, 0.5) is 27.6 Å². The zero-order valence-corrected chi connectivity index (χ0v) is 17.7. The molecule has 3 aromatic rings. The van der Waals surface area contributed by atoms with Crippen molar-refractivity contribution < 1.29 is 22.0 Å². The predicted molar refractivity (Wildman–Crippen MR) is 117 cm³/mol. The maximum absolute atomic E-state index is 13.9. The van der Waals surface area contributed by atoms with Crippen molar-refractivity contribution in [2.75, 3.05) is 0 Å². The molecule has 2 aromatic heterocycles. The fourth-order valence-electron chi connectivity index (χ4n) is 3.24. The van der Waals surface area contributed by atoms with Crippen LogP contribution in [-0.2, 0) is 6.18 Å². The van der Waals surface area contributed by atoms with E-state index in [1.807, 2.05) is 0 Å². The molecule has 1 unspecified atom stereocenters. The van der Waals surface area contributed by atoms with E-state index in [-0.39, 0.29) is 28.5 Å². The standard InChI is InChI=1S/C21H19F5N8/c1-2-12(17(34-29)9-30-16-5-11(22)3-4-14(16)23)15-6-13(18(33-15)19(27)28)10-7-31-20(32-8-10)21(24,25)26/h3-9,12,33H,2,29H2,1H3,(H3,27,28). The minimum Gasteiger partial charge on any atom is -0.382 e. The Hall–Kier alpha value is -4.16. The van der Waals surface area contributed by atoms with Crippen LogP contribution >= 0.6 is 0 Å². The Kier molecular flexibility index (Phi) is 7.03. The van der Waals surface area contributed by atoms with Crippen LogP contribution in [0.15, 0.2) is 46.8 Å². The van der Waals surface area contributed by atoms with Gasteiger partial charge in [0.05, 0.1) is 17.6 Å². The smallest absolute Gasteiger partial charge is 0.382 e. The molecule has 0 aliphatic carbocycles. The summed E-state index contributed by atoms with van der Waals surface area (Å²) in [6.45, 7) is 1.79. The van der Waals surface area contributed by atoms with E-state index < -0.39 is 29.6 Å². The minimum absolute atomic E-state index is 0.126. The highest BCUT2D eigenvalue weighted by Gasteiger charge is 2.34.